The van der Waals surface area contributed by atoms with Gasteiger partial charge in [-0.15, -0.1) is 0 Å². The summed E-state index contributed by atoms with van der Waals surface area (Å²) in [5, 5.41) is 0.423. The van der Waals surface area contributed by atoms with Gasteiger partial charge in [-0.3, -0.25) is 19.2 Å². The molecule has 234 valence electrons. The van der Waals surface area contributed by atoms with E-state index in [1.54, 1.807) is 25.3 Å². The van der Waals surface area contributed by atoms with Gasteiger partial charge in [0.15, 0.2) is 18.3 Å². The van der Waals surface area contributed by atoms with Gasteiger partial charge >= 0.3 is 23.9 Å². The van der Waals surface area contributed by atoms with Crippen molar-refractivity contribution >= 4 is 35.5 Å². The molecule has 1 saturated heterocycles. The summed E-state index contributed by atoms with van der Waals surface area (Å²) in [4.78, 5) is 48.1. The van der Waals surface area contributed by atoms with Crippen LogP contribution < -0.4 is 4.74 Å². The average molecular weight is 621 g/mol. The highest BCUT2D eigenvalue weighted by atomic mass is 35.5. The summed E-state index contributed by atoms with van der Waals surface area (Å²) in [6.07, 6.45) is -5.89. The van der Waals surface area contributed by atoms with Gasteiger partial charge in [0, 0.05) is 51.8 Å². The molecule has 0 aliphatic carbocycles. The molecule has 0 bridgehead atoms. The van der Waals surface area contributed by atoms with Gasteiger partial charge in [0.2, 0.25) is 0 Å². The molecule has 0 spiro atoms. The van der Waals surface area contributed by atoms with Gasteiger partial charge in [-0.25, -0.2) is 0 Å². The second-order valence-corrected chi connectivity index (χ2v) is 10.3. The lowest BCUT2D eigenvalue weighted by atomic mass is 9.89. The number of hydrogen-bond acceptors (Lipinski definition) is 11. The number of esters is 4. The SMILES string of the molecule is CCOc1ccc(CC(OC)c2cc([C@@H]3O[C@H](COC(C)=O)[C@@H](OC(C)=O)[C@H](OC(C)=O)[C@H]3OC(C)=O)ccc2Cl)cc1. The molecule has 0 N–H and O–H groups in total. The predicted molar refractivity (Wildman–Crippen MR) is 153 cm³/mol. The molecule has 2 aromatic rings. The number of ether oxygens (including phenoxy) is 7. The second-order valence-electron chi connectivity index (χ2n) is 9.91. The summed E-state index contributed by atoms with van der Waals surface area (Å²) in [7, 11) is 1.57. The number of rotatable bonds is 12. The van der Waals surface area contributed by atoms with Crippen LogP contribution in [0.4, 0.5) is 0 Å². The van der Waals surface area contributed by atoms with Crippen molar-refractivity contribution in [3.63, 3.8) is 0 Å². The standard InChI is InChI=1S/C31H37ClO11/c1-7-38-23-11-8-21(9-12-23)14-26(37-6)24-15-22(10-13-25(24)32)28-30(41-19(4)35)31(42-20(5)36)29(40-18(3)34)27(43-28)16-39-17(2)33/h8-13,15,26-31H,7,14,16H2,1-6H3/t26?,27-,28+,29-,30+,31+/m1/s1. The first-order valence-corrected chi connectivity index (χ1v) is 14.2. The van der Waals surface area contributed by atoms with Crippen LogP contribution in [0.5, 0.6) is 5.75 Å². The van der Waals surface area contributed by atoms with Crippen LogP contribution in [0.3, 0.4) is 0 Å². The zero-order valence-corrected chi connectivity index (χ0v) is 25.8. The molecule has 0 saturated carbocycles. The Balaban J connectivity index is 2.05. The molecule has 12 heteroatoms. The molecule has 1 unspecified atom stereocenters. The lowest BCUT2D eigenvalue weighted by Gasteiger charge is -2.44. The van der Waals surface area contributed by atoms with Crippen molar-refractivity contribution in [1.82, 2.24) is 0 Å². The van der Waals surface area contributed by atoms with Gasteiger partial charge in [-0.1, -0.05) is 29.8 Å². The molecule has 0 amide bonds. The van der Waals surface area contributed by atoms with Crippen molar-refractivity contribution in [1.29, 1.82) is 0 Å². The third kappa shape index (κ3) is 9.41. The Kier molecular flexibility index (Phi) is 12.4. The summed E-state index contributed by atoms with van der Waals surface area (Å²) < 4.78 is 39.5. The van der Waals surface area contributed by atoms with E-state index in [0.717, 1.165) is 11.3 Å². The smallest absolute Gasteiger partial charge is 0.303 e. The number of halogens is 1. The molecule has 1 fully saturated rings. The summed E-state index contributed by atoms with van der Waals surface area (Å²) in [5.74, 6) is -1.94. The number of benzene rings is 2. The Morgan fingerprint density at radius 1 is 0.837 bits per heavy atom. The van der Waals surface area contributed by atoms with Crippen LogP contribution in [0.15, 0.2) is 42.5 Å². The monoisotopic (exact) mass is 620 g/mol. The molecule has 0 radical (unpaired) electrons. The van der Waals surface area contributed by atoms with E-state index in [-0.39, 0.29) is 6.61 Å². The Labute approximate surface area is 255 Å². The van der Waals surface area contributed by atoms with Crippen molar-refractivity contribution in [2.24, 2.45) is 0 Å². The maximum atomic E-state index is 12.2. The van der Waals surface area contributed by atoms with E-state index in [1.165, 1.54) is 27.7 Å². The third-order valence-electron chi connectivity index (χ3n) is 6.63. The van der Waals surface area contributed by atoms with E-state index < -0.39 is 60.5 Å². The van der Waals surface area contributed by atoms with Gasteiger partial charge in [-0.05, 0) is 42.3 Å². The van der Waals surface area contributed by atoms with Crippen LogP contribution in [-0.4, -0.2) is 68.6 Å². The van der Waals surface area contributed by atoms with Gasteiger partial charge in [-0.2, -0.15) is 0 Å². The average Bonchev–Trinajstić information content (AvgIpc) is 2.93. The van der Waals surface area contributed by atoms with E-state index in [0.29, 0.717) is 29.2 Å². The minimum Gasteiger partial charge on any atom is -0.494 e. The van der Waals surface area contributed by atoms with E-state index in [9.17, 15) is 19.2 Å². The van der Waals surface area contributed by atoms with E-state index >= 15 is 0 Å². The van der Waals surface area contributed by atoms with Gasteiger partial charge in [0.1, 0.15) is 24.6 Å². The van der Waals surface area contributed by atoms with Crippen LogP contribution in [0, 0.1) is 0 Å². The van der Waals surface area contributed by atoms with Crippen LogP contribution in [-0.2, 0) is 54.0 Å². The summed E-state index contributed by atoms with van der Waals surface area (Å²) >= 11 is 6.64. The molecule has 1 heterocycles. The van der Waals surface area contributed by atoms with Gasteiger partial charge in [0.05, 0.1) is 12.7 Å². The molecule has 2 aromatic carbocycles. The van der Waals surface area contributed by atoms with Crippen molar-refractivity contribution in [2.75, 3.05) is 20.3 Å². The van der Waals surface area contributed by atoms with Gasteiger partial charge < -0.3 is 33.2 Å². The first-order valence-electron chi connectivity index (χ1n) is 13.8. The van der Waals surface area contributed by atoms with Crippen molar-refractivity contribution in [3.8, 4) is 5.75 Å². The van der Waals surface area contributed by atoms with Gasteiger partial charge in [0.25, 0.3) is 0 Å². The zero-order valence-electron chi connectivity index (χ0n) is 25.0. The highest BCUT2D eigenvalue weighted by molar-refractivity contribution is 6.31. The molecule has 1 aliphatic rings. The molecule has 3 rings (SSSR count). The van der Waals surface area contributed by atoms with Crippen LogP contribution >= 0.6 is 11.6 Å². The van der Waals surface area contributed by atoms with Crippen molar-refractivity contribution in [2.45, 2.75) is 77.7 Å². The highest BCUT2D eigenvalue weighted by Gasteiger charge is 2.52. The summed E-state index contributed by atoms with van der Waals surface area (Å²) in [6, 6.07) is 12.7. The molecular weight excluding hydrogens is 584 g/mol. The Morgan fingerprint density at radius 3 is 2.00 bits per heavy atom. The molecule has 11 nitrogen and oxygen atoms in total. The van der Waals surface area contributed by atoms with Crippen LogP contribution in [0.25, 0.3) is 0 Å². The minimum atomic E-state index is -1.29. The number of carbonyl (C=O) groups is 4. The second kappa shape index (κ2) is 15.7. The molecule has 0 aromatic heterocycles. The van der Waals surface area contributed by atoms with Crippen LogP contribution in [0.1, 0.15) is 63.5 Å². The van der Waals surface area contributed by atoms with Crippen molar-refractivity contribution < 1.29 is 52.3 Å². The topological polar surface area (TPSA) is 133 Å². The fourth-order valence-electron chi connectivity index (χ4n) is 4.91. The fourth-order valence-corrected chi connectivity index (χ4v) is 5.14. The van der Waals surface area contributed by atoms with Crippen molar-refractivity contribution in [3.05, 3.63) is 64.2 Å². The Morgan fingerprint density at radius 2 is 1.44 bits per heavy atom. The lowest BCUT2D eigenvalue weighted by molar-refractivity contribution is -0.254. The Hall–Kier alpha value is -3.67. The zero-order chi connectivity index (χ0) is 31.7. The Bertz CT molecular complexity index is 1280. The summed E-state index contributed by atoms with van der Waals surface area (Å²) in [6.45, 7) is 6.89. The maximum Gasteiger partial charge on any atom is 0.303 e. The highest BCUT2D eigenvalue weighted by Crippen LogP contribution is 2.40. The predicted octanol–water partition coefficient (Wildman–Crippen LogP) is 4.47. The maximum absolute atomic E-state index is 12.2. The lowest BCUT2D eigenvalue weighted by Crippen LogP contribution is -2.59. The first-order chi connectivity index (χ1) is 20.4. The fraction of sp³-hybridized carbons (Fsp3) is 0.484. The largest absolute Gasteiger partial charge is 0.494 e. The van der Waals surface area contributed by atoms with E-state index in [4.69, 9.17) is 44.8 Å². The number of carbonyl (C=O) groups excluding carboxylic acids is 4. The molecule has 43 heavy (non-hydrogen) atoms. The normalized spacial score (nSPS) is 22.2. The summed E-state index contributed by atoms with van der Waals surface area (Å²) in [5.41, 5.74) is 2.11. The quantitative estimate of drug-likeness (QED) is 0.246. The number of methoxy groups -OCH3 is 1. The van der Waals surface area contributed by atoms with E-state index in [2.05, 4.69) is 0 Å². The number of hydrogen-bond donors (Lipinski definition) is 0. The van der Waals surface area contributed by atoms with Crippen LogP contribution in [0.2, 0.25) is 5.02 Å². The molecule has 1 aliphatic heterocycles. The first kappa shape index (κ1) is 33.8. The van der Waals surface area contributed by atoms with E-state index in [1.807, 2.05) is 31.2 Å². The molecular formula is C31H37ClO11. The molecule has 6 atom stereocenters. The minimum absolute atomic E-state index is 0.326. The third-order valence-corrected chi connectivity index (χ3v) is 6.97.